The van der Waals surface area contributed by atoms with Crippen LogP contribution in [-0.4, -0.2) is 42.0 Å². The lowest BCUT2D eigenvalue weighted by Crippen LogP contribution is -2.51. The van der Waals surface area contributed by atoms with Gasteiger partial charge in [0.15, 0.2) is 0 Å². The highest BCUT2D eigenvalue weighted by Gasteiger charge is 2.28. The normalized spacial score (nSPS) is 15.1. The highest BCUT2D eigenvalue weighted by atomic mass is 35.5. The largest absolute Gasteiger partial charge is 0.322 e. The van der Waals surface area contributed by atoms with E-state index in [4.69, 9.17) is 16.9 Å². The predicted molar refractivity (Wildman–Crippen MR) is 128 cm³/mol. The van der Waals surface area contributed by atoms with Crippen LogP contribution in [0.25, 0.3) is 0 Å². The maximum atomic E-state index is 12.8. The van der Waals surface area contributed by atoms with E-state index in [-0.39, 0.29) is 12.1 Å². The van der Waals surface area contributed by atoms with Crippen molar-refractivity contribution in [2.75, 3.05) is 31.5 Å². The zero-order valence-corrected chi connectivity index (χ0v) is 18.5. The minimum Gasteiger partial charge on any atom is -0.322 e. The SMILES string of the molecule is N#CCc1ccc(NC(=O)N2CCN([C@@H](c3ccccc3)c3ccc(Cl)cc3)CC2)cc1. The van der Waals surface area contributed by atoms with Crippen molar-refractivity contribution < 1.29 is 4.79 Å². The Morgan fingerprint density at radius 2 is 1.53 bits per heavy atom. The second-order valence-electron chi connectivity index (χ2n) is 7.85. The molecule has 2 amide bonds. The van der Waals surface area contributed by atoms with Gasteiger partial charge in [0.05, 0.1) is 18.5 Å². The van der Waals surface area contributed by atoms with Crippen molar-refractivity contribution in [3.8, 4) is 6.07 Å². The van der Waals surface area contributed by atoms with E-state index in [2.05, 4.69) is 52.7 Å². The third kappa shape index (κ3) is 5.28. The van der Waals surface area contributed by atoms with Crippen LogP contribution in [0.4, 0.5) is 10.5 Å². The van der Waals surface area contributed by atoms with E-state index in [0.29, 0.717) is 19.5 Å². The van der Waals surface area contributed by atoms with Gasteiger partial charge in [0.1, 0.15) is 0 Å². The van der Waals surface area contributed by atoms with Gasteiger partial charge >= 0.3 is 6.03 Å². The van der Waals surface area contributed by atoms with Crippen LogP contribution in [0, 0.1) is 11.3 Å². The number of carbonyl (C=O) groups is 1. The summed E-state index contributed by atoms with van der Waals surface area (Å²) in [4.78, 5) is 17.0. The minimum atomic E-state index is -0.0968. The van der Waals surface area contributed by atoms with Crippen molar-refractivity contribution in [2.45, 2.75) is 12.5 Å². The maximum absolute atomic E-state index is 12.8. The molecule has 5 nitrogen and oxygen atoms in total. The first-order valence-corrected chi connectivity index (χ1v) is 11.1. The van der Waals surface area contributed by atoms with Crippen LogP contribution in [0.1, 0.15) is 22.7 Å². The number of hydrogen-bond acceptors (Lipinski definition) is 3. The molecule has 0 spiro atoms. The van der Waals surface area contributed by atoms with Gasteiger partial charge in [-0.3, -0.25) is 4.90 Å². The van der Waals surface area contributed by atoms with Gasteiger partial charge in [-0.1, -0.05) is 66.2 Å². The Hall–Kier alpha value is -3.33. The number of carbonyl (C=O) groups excluding carboxylic acids is 1. The summed E-state index contributed by atoms with van der Waals surface area (Å²) >= 11 is 6.11. The van der Waals surface area contributed by atoms with Gasteiger partial charge in [-0.05, 0) is 41.0 Å². The summed E-state index contributed by atoms with van der Waals surface area (Å²) in [6.07, 6.45) is 0.367. The monoisotopic (exact) mass is 444 g/mol. The number of amides is 2. The van der Waals surface area contributed by atoms with Crippen LogP contribution < -0.4 is 5.32 Å². The molecule has 0 saturated carbocycles. The molecule has 1 fully saturated rings. The fourth-order valence-electron chi connectivity index (χ4n) is 4.08. The second-order valence-corrected chi connectivity index (χ2v) is 8.29. The van der Waals surface area contributed by atoms with Crippen LogP contribution in [0.5, 0.6) is 0 Å². The van der Waals surface area contributed by atoms with Gasteiger partial charge < -0.3 is 10.2 Å². The number of nitrogens with one attached hydrogen (secondary N) is 1. The molecule has 4 rings (SSSR count). The van der Waals surface area contributed by atoms with E-state index in [1.54, 1.807) is 0 Å². The van der Waals surface area contributed by atoms with Crippen molar-refractivity contribution in [1.82, 2.24) is 9.80 Å². The first kappa shape index (κ1) is 21.9. The molecule has 3 aromatic carbocycles. The third-order valence-corrected chi connectivity index (χ3v) is 6.01. The molecular weight excluding hydrogens is 420 g/mol. The quantitative estimate of drug-likeness (QED) is 0.577. The number of piperazine rings is 1. The Morgan fingerprint density at radius 1 is 0.906 bits per heavy atom. The van der Waals surface area contributed by atoms with Crippen molar-refractivity contribution in [3.63, 3.8) is 0 Å². The summed E-state index contributed by atoms with van der Waals surface area (Å²) in [6.45, 7) is 2.85. The Bertz CT molecular complexity index is 1070. The smallest absolute Gasteiger partial charge is 0.321 e. The number of benzene rings is 3. The van der Waals surface area contributed by atoms with E-state index in [9.17, 15) is 4.79 Å². The lowest BCUT2D eigenvalue weighted by Gasteiger charge is -2.39. The molecule has 1 atom stereocenters. The van der Waals surface area contributed by atoms with Crippen molar-refractivity contribution in [1.29, 1.82) is 5.26 Å². The highest BCUT2D eigenvalue weighted by molar-refractivity contribution is 6.30. The first-order valence-electron chi connectivity index (χ1n) is 10.7. The second kappa shape index (κ2) is 10.3. The number of halogens is 1. The summed E-state index contributed by atoms with van der Waals surface area (Å²) in [5, 5.41) is 12.5. The molecule has 0 bridgehead atoms. The fraction of sp³-hybridized carbons (Fsp3) is 0.231. The lowest BCUT2D eigenvalue weighted by atomic mass is 9.96. The summed E-state index contributed by atoms with van der Waals surface area (Å²) in [6, 6.07) is 28.0. The van der Waals surface area contributed by atoms with Crippen LogP contribution in [0.2, 0.25) is 5.02 Å². The van der Waals surface area contributed by atoms with Crippen LogP contribution >= 0.6 is 11.6 Å². The standard InChI is InChI=1S/C26H25ClN4O/c27-23-10-8-22(9-11-23)25(21-4-2-1-3-5-21)30-16-18-31(19-17-30)26(32)29-24-12-6-20(7-13-24)14-15-28/h1-13,25H,14,16-19H2,(H,29,32)/t25-/m0/s1. The van der Waals surface area contributed by atoms with Crippen LogP contribution in [0.15, 0.2) is 78.9 Å². The van der Waals surface area contributed by atoms with Gasteiger partial charge in [0.25, 0.3) is 0 Å². The van der Waals surface area contributed by atoms with Gasteiger partial charge in [0.2, 0.25) is 0 Å². The molecule has 1 N–H and O–H groups in total. The Balaban J connectivity index is 1.42. The molecule has 1 aliphatic heterocycles. The molecule has 1 saturated heterocycles. The molecule has 3 aromatic rings. The van der Waals surface area contributed by atoms with E-state index >= 15 is 0 Å². The van der Waals surface area contributed by atoms with Crippen molar-refractivity contribution in [2.24, 2.45) is 0 Å². The lowest BCUT2D eigenvalue weighted by molar-refractivity contribution is 0.126. The van der Waals surface area contributed by atoms with Gasteiger partial charge in [0, 0.05) is 36.9 Å². The van der Waals surface area contributed by atoms with Crippen LogP contribution in [0.3, 0.4) is 0 Å². The summed E-state index contributed by atoms with van der Waals surface area (Å²) < 4.78 is 0. The number of hydrogen-bond donors (Lipinski definition) is 1. The number of nitriles is 1. The van der Waals surface area contributed by atoms with E-state index in [1.807, 2.05) is 47.4 Å². The van der Waals surface area contributed by atoms with E-state index in [0.717, 1.165) is 29.4 Å². The number of anilines is 1. The highest BCUT2D eigenvalue weighted by Crippen LogP contribution is 2.30. The molecule has 162 valence electrons. The predicted octanol–water partition coefficient (Wildman–Crippen LogP) is 5.35. The molecule has 0 aliphatic carbocycles. The van der Waals surface area contributed by atoms with Gasteiger partial charge in [-0.15, -0.1) is 0 Å². The van der Waals surface area contributed by atoms with E-state index < -0.39 is 0 Å². The molecule has 0 unspecified atom stereocenters. The topological polar surface area (TPSA) is 59.4 Å². The van der Waals surface area contributed by atoms with Gasteiger partial charge in [-0.2, -0.15) is 5.26 Å². The molecule has 1 heterocycles. The molecular formula is C26H25ClN4O. The third-order valence-electron chi connectivity index (χ3n) is 5.76. The van der Waals surface area contributed by atoms with E-state index in [1.165, 1.54) is 11.1 Å². The zero-order chi connectivity index (χ0) is 22.3. The summed E-state index contributed by atoms with van der Waals surface area (Å²) in [7, 11) is 0. The summed E-state index contributed by atoms with van der Waals surface area (Å²) in [5.74, 6) is 0. The molecule has 0 radical (unpaired) electrons. The zero-order valence-electron chi connectivity index (χ0n) is 17.7. The molecule has 32 heavy (non-hydrogen) atoms. The average molecular weight is 445 g/mol. The molecule has 0 aromatic heterocycles. The Labute approximate surface area is 193 Å². The van der Waals surface area contributed by atoms with Crippen molar-refractivity contribution >= 4 is 23.3 Å². The minimum absolute atomic E-state index is 0.0968. The molecule has 1 aliphatic rings. The fourth-order valence-corrected chi connectivity index (χ4v) is 4.20. The number of nitrogens with zero attached hydrogens (tertiary/aromatic N) is 3. The number of urea groups is 1. The van der Waals surface area contributed by atoms with Gasteiger partial charge in [-0.25, -0.2) is 4.79 Å². The Morgan fingerprint density at radius 3 is 2.16 bits per heavy atom. The average Bonchev–Trinajstić information content (AvgIpc) is 2.83. The van der Waals surface area contributed by atoms with Crippen molar-refractivity contribution in [3.05, 3.63) is 101 Å². The Kier molecular flexibility index (Phi) is 7.06. The first-order chi connectivity index (χ1) is 15.6. The molecule has 6 heteroatoms. The summed E-state index contributed by atoms with van der Waals surface area (Å²) in [5.41, 5.74) is 4.09. The number of rotatable bonds is 5. The van der Waals surface area contributed by atoms with Crippen LogP contribution in [-0.2, 0) is 6.42 Å². The maximum Gasteiger partial charge on any atom is 0.321 e.